The second-order valence-corrected chi connectivity index (χ2v) is 7.77. The molecule has 4 rings (SSSR count). The molecular formula is C25H23N. The van der Waals surface area contributed by atoms with Crippen LogP contribution in [0.2, 0.25) is 0 Å². The summed E-state index contributed by atoms with van der Waals surface area (Å²) < 4.78 is 0. The van der Waals surface area contributed by atoms with Crippen molar-refractivity contribution in [1.29, 1.82) is 0 Å². The van der Waals surface area contributed by atoms with Gasteiger partial charge < -0.3 is 0 Å². The number of hydrogen-bond acceptors (Lipinski definition) is 1. The molecule has 0 spiro atoms. The zero-order valence-corrected chi connectivity index (χ0v) is 15.5. The Labute approximate surface area is 155 Å². The lowest BCUT2D eigenvalue weighted by molar-refractivity contribution is 0.591. The fourth-order valence-corrected chi connectivity index (χ4v) is 3.31. The topological polar surface area (TPSA) is 12.9 Å². The van der Waals surface area contributed by atoms with Crippen LogP contribution in [0.5, 0.6) is 0 Å². The number of hydrogen-bond donors (Lipinski definition) is 0. The molecule has 0 unspecified atom stereocenters. The summed E-state index contributed by atoms with van der Waals surface area (Å²) in [5.41, 5.74) is 7.10. The molecule has 0 bridgehead atoms. The zero-order valence-electron chi connectivity index (χ0n) is 15.5. The molecule has 0 radical (unpaired) electrons. The average molecular weight is 337 g/mol. The smallest absolute Gasteiger partial charge is 0.0715 e. The number of pyridine rings is 1. The summed E-state index contributed by atoms with van der Waals surface area (Å²) in [4.78, 5) is 4.95. The summed E-state index contributed by atoms with van der Waals surface area (Å²) in [6.45, 7) is 6.76. The highest BCUT2D eigenvalue weighted by Gasteiger charge is 2.16. The highest BCUT2D eigenvalue weighted by atomic mass is 14.7. The summed E-state index contributed by atoms with van der Waals surface area (Å²) in [6.07, 6.45) is 0. The molecule has 0 atom stereocenters. The van der Waals surface area contributed by atoms with Crippen LogP contribution in [0.25, 0.3) is 33.3 Å². The summed E-state index contributed by atoms with van der Waals surface area (Å²) in [7, 11) is 0. The molecular weight excluding hydrogens is 314 g/mol. The summed E-state index contributed by atoms with van der Waals surface area (Å²) >= 11 is 0. The van der Waals surface area contributed by atoms with Crippen LogP contribution in [0, 0.1) is 0 Å². The van der Waals surface area contributed by atoms with Gasteiger partial charge in [0.2, 0.25) is 0 Å². The minimum absolute atomic E-state index is 0.111. The SMILES string of the molecule is CC(C)(C)c1ccc2nc(-c3ccccc3)cc(-c3ccccc3)c2c1. The van der Waals surface area contributed by atoms with Crippen molar-refractivity contribution in [1.82, 2.24) is 4.98 Å². The van der Waals surface area contributed by atoms with E-state index in [1.54, 1.807) is 0 Å². The first-order chi connectivity index (χ1) is 12.5. The van der Waals surface area contributed by atoms with E-state index in [-0.39, 0.29) is 5.41 Å². The summed E-state index contributed by atoms with van der Waals surface area (Å²) in [6, 6.07) is 29.9. The lowest BCUT2D eigenvalue weighted by Crippen LogP contribution is -2.10. The largest absolute Gasteiger partial charge is 0.248 e. The number of fused-ring (bicyclic) bond motifs is 1. The highest BCUT2D eigenvalue weighted by Crippen LogP contribution is 2.34. The maximum absolute atomic E-state index is 4.95. The van der Waals surface area contributed by atoms with Gasteiger partial charge in [-0.05, 0) is 40.3 Å². The zero-order chi connectivity index (χ0) is 18.1. The molecule has 0 saturated heterocycles. The van der Waals surface area contributed by atoms with Crippen LogP contribution in [0.1, 0.15) is 26.3 Å². The van der Waals surface area contributed by atoms with Gasteiger partial charge in [-0.1, -0.05) is 87.5 Å². The van der Waals surface area contributed by atoms with Crippen LogP contribution in [0.3, 0.4) is 0 Å². The fraction of sp³-hybridized carbons (Fsp3) is 0.160. The maximum Gasteiger partial charge on any atom is 0.0715 e. The minimum Gasteiger partial charge on any atom is -0.248 e. The van der Waals surface area contributed by atoms with Gasteiger partial charge in [-0.25, -0.2) is 4.98 Å². The molecule has 0 amide bonds. The Kier molecular flexibility index (Phi) is 4.08. The molecule has 0 N–H and O–H groups in total. The van der Waals surface area contributed by atoms with Gasteiger partial charge in [-0.3, -0.25) is 0 Å². The van der Waals surface area contributed by atoms with Gasteiger partial charge in [-0.2, -0.15) is 0 Å². The molecule has 0 aliphatic carbocycles. The number of benzene rings is 3. The Morgan fingerprint density at radius 1 is 0.654 bits per heavy atom. The van der Waals surface area contributed by atoms with Gasteiger partial charge in [-0.15, -0.1) is 0 Å². The normalized spacial score (nSPS) is 11.7. The standard InChI is InChI=1S/C25H23N/c1-25(2,3)20-14-15-23-22(16-20)21(18-10-6-4-7-11-18)17-24(26-23)19-12-8-5-9-13-19/h4-17H,1-3H3. The van der Waals surface area contributed by atoms with E-state index in [9.17, 15) is 0 Å². The molecule has 3 aromatic carbocycles. The van der Waals surface area contributed by atoms with Crippen LogP contribution in [0.4, 0.5) is 0 Å². The van der Waals surface area contributed by atoms with Gasteiger partial charge in [0.05, 0.1) is 11.2 Å². The Hall–Kier alpha value is -2.93. The van der Waals surface area contributed by atoms with Crippen molar-refractivity contribution in [2.45, 2.75) is 26.2 Å². The first kappa shape index (κ1) is 16.5. The summed E-state index contributed by atoms with van der Waals surface area (Å²) in [5, 5.41) is 1.21. The van der Waals surface area contributed by atoms with Gasteiger partial charge in [0.25, 0.3) is 0 Å². The quantitative estimate of drug-likeness (QED) is 0.389. The van der Waals surface area contributed by atoms with Gasteiger partial charge in [0.15, 0.2) is 0 Å². The Morgan fingerprint density at radius 3 is 1.88 bits per heavy atom. The van der Waals surface area contributed by atoms with E-state index in [0.717, 1.165) is 16.8 Å². The Bertz CT molecular complexity index is 1040. The van der Waals surface area contributed by atoms with Crippen LogP contribution < -0.4 is 0 Å². The third-order valence-corrected chi connectivity index (χ3v) is 4.83. The maximum atomic E-state index is 4.95. The first-order valence-corrected chi connectivity index (χ1v) is 9.08. The Balaban J connectivity index is 2.02. The third kappa shape index (κ3) is 3.13. The predicted molar refractivity (Wildman–Crippen MR) is 111 cm³/mol. The molecule has 128 valence electrons. The van der Waals surface area contributed by atoms with E-state index in [0.29, 0.717) is 0 Å². The second-order valence-electron chi connectivity index (χ2n) is 7.77. The highest BCUT2D eigenvalue weighted by molar-refractivity contribution is 5.97. The van der Waals surface area contributed by atoms with Crippen LogP contribution in [0.15, 0.2) is 84.9 Å². The lowest BCUT2D eigenvalue weighted by Gasteiger charge is -2.20. The fourth-order valence-electron chi connectivity index (χ4n) is 3.31. The van der Waals surface area contributed by atoms with Crippen molar-refractivity contribution in [3.8, 4) is 22.4 Å². The van der Waals surface area contributed by atoms with Crippen molar-refractivity contribution in [2.24, 2.45) is 0 Å². The predicted octanol–water partition coefficient (Wildman–Crippen LogP) is 6.87. The van der Waals surface area contributed by atoms with E-state index >= 15 is 0 Å². The van der Waals surface area contributed by atoms with Crippen LogP contribution >= 0.6 is 0 Å². The molecule has 0 aliphatic rings. The number of aromatic nitrogens is 1. The molecule has 26 heavy (non-hydrogen) atoms. The van der Waals surface area contributed by atoms with Gasteiger partial charge >= 0.3 is 0 Å². The van der Waals surface area contributed by atoms with E-state index < -0.39 is 0 Å². The molecule has 1 aromatic heterocycles. The summed E-state index contributed by atoms with van der Waals surface area (Å²) in [5.74, 6) is 0. The molecule has 0 fully saturated rings. The number of nitrogens with zero attached hydrogens (tertiary/aromatic N) is 1. The van der Waals surface area contributed by atoms with E-state index in [1.807, 2.05) is 6.07 Å². The Morgan fingerprint density at radius 2 is 1.27 bits per heavy atom. The van der Waals surface area contributed by atoms with Crippen molar-refractivity contribution in [3.05, 3.63) is 90.5 Å². The van der Waals surface area contributed by atoms with Crippen molar-refractivity contribution in [2.75, 3.05) is 0 Å². The van der Waals surface area contributed by atoms with Gasteiger partial charge in [0.1, 0.15) is 0 Å². The first-order valence-electron chi connectivity index (χ1n) is 9.08. The van der Waals surface area contributed by atoms with Crippen LogP contribution in [-0.4, -0.2) is 4.98 Å². The molecule has 0 saturated carbocycles. The van der Waals surface area contributed by atoms with E-state index in [4.69, 9.17) is 4.98 Å². The lowest BCUT2D eigenvalue weighted by atomic mass is 9.85. The molecule has 1 heterocycles. The van der Waals surface area contributed by atoms with Crippen molar-refractivity contribution >= 4 is 10.9 Å². The van der Waals surface area contributed by atoms with Gasteiger partial charge in [0, 0.05) is 10.9 Å². The molecule has 0 aliphatic heterocycles. The minimum atomic E-state index is 0.111. The van der Waals surface area contributed by atoms with E-state index in [1.165, 1.54) is 22.1 Å². The van der Waals surface area contributed by atoms with Crippen LogP contribution in [-0.2, 0) is 5.41 Å². The monoisotopic (exact) mass is 337 g/mol. The third-order valence-electron chi connectivity index (χ3n) is 4.83. The van der Waals surface area contributed by atoms with Crippen molar-refractivity contribution < 1.29 is 0 Å². The average Bonchev–Trinajstić information content (AvgIpc) is 2.67. The molecule has 1 nitrogen and oxygen atoms in total. The van der Waals surface area contributed by atoms with Crippen molar-refractivity contribution in [3.63, 3.8) is 0 Å². The number of rotatable bonds is 2. The molecule has 4 aromatic rings. The molecule has 1 heteroatoms. The van der Waals surface area contributed by atoms with E-state index in [2.05, 4.69) is 99.6 Å². The second kappa shape index (κ2) is 6.42.